The number of carbonyl (C=O) groups is 1. The van der Waals surface area contributed by atoms with Gasteiger partial charge in [0.25, 0.3) is 0 Å². The molecule has 0 saturated carbocycles. The monoisotopic (exact) mass is 396 g/mol. The van der Waals surface area contributed by atoms with Crippen LogP contribution < -0.4 is 5.32 Å². The van der Waals surface area contributed by atoms with Gasteiger partial charge in [-0.2, -0.15) is 4.31 Å². The van der Waals surface area contributed by atoms with Gasteiger partial charge >= 0.3 is 0 Å². The maximum atomic E-state index is 12.5. The summed E-state index contributed by atoms with van der Waals surface area (Å²) in [6, 6.07) is 8.02. The number of hydrogen-bond acceptors (Lipinski definition) is 4. The van der Waals surface area contributed by atoms with Crippen molar-refractivity contribution in [2.24, 2.45) is 5.92 Å². The predicted molar refractivity (Wildman–Crippen MR) is 107 cm³/mol. The van der Waals surface area contributed by atoms with Crippen LogP contribution >= 0.6 is 0 Å². The molecule has 27 heavy (non-hydrogen) atoms. The lowest BCUT2D eigenvalue weighted by atomic mass is 10.0. The Morgan fingerprint density at radius 3 is 2.26 bits per heavy atom. The van der Waals surface area contributed by atoms with Crippen LogP contribution in [0.5, 0.6) is 0 Å². The van der Waals surface area contributed by atoms with Gasteiger partial charge in [-0.05, 0) is 37.3 Å². The molecule has 2 rings (SSSR count). The van der Waals surface area contributed by atoms with E-state index in [4.69, 9.17) is 4.74 Å². The Morgan fingerprint density at radius 1 is 1.15 bits per heavy atom. The molecule has 1 amide bonds. The summed E-state index contributed by atoms with van der Waals surface area (Å²) in [4.78, 5) is 12.1. The molecule has 2 atom stereocenters. The zero-order chi connectivity index (χ0) is 20.0. The molecule has 1 aromatic rings. The number of ether oxygens (including phenoxy) is 1. The van der Waals surface area contributed by atoms with Gasteiger partial charge in [-0.3, -0.25) is 4.79 Å². The highest BCUT2D eigenvalue weighted by Gasteiger charge is 2.30. The smallest absolute Gasteiger partial charge is 0.224 e. The SMILES string of the molecule is CC(C)Cc1ccc(CC(=O)NCCS(=O)(=O)N2CC(C)OC(C)C2)cc1. The molecule has 0 bridgehead atoms. The molecule has 152 valence electrons. The van der Waals surface area contributed by atoms with E-state index >= 15 is 0 Å². The Balaban J connectivity index is 1.78. The van der Waals surface area contributed by atoms with E-state index in [1.807, 2.05) is 38.1 Å². The van der Waals surface area contributed by atoms with Gasteiger partial charge in [-0.1, -0.05) is 38.1 Å². The molecule has 1 heterocycles. The summed E-state index contributed by atoms with van der Waals surface area (Å²) in [6.45, 7) is 8.93. The molecular formula is C20H32N2O4S. The van der Waals surface area contributed by atoms with Gasteiger partial charge in [0.15, 0.2) is 0 Å². The van der Waals surface area contributed by atoms with Crippen LogP contribution in [0.2, 0.25) is 0 Å². The highest BCUT2D eigenvalue weighted by Crippen LogP contribution is 2.14. The second-order valence-corrected chi connectivity index (χ2v) is 9.92. The first-order valence-electron chi connectivity index (χ1n) is 9.63. The molecule has 1 aliphatic rings. The fraction of sp³-hybridized carbons (Fsp3) is 0.650. The van der Waals surface area contributed by atoms with Gasteiger partial charge in [-0.25, -0.2) is 8.42 Å². The summed E-state index contributed by atoms with van der Waals surface area (Å²) < 4.78 is 32.0. The molecule has 1 saturated heterocycles. The molecule has 6 nitrogen and oxygen atoms in total. The van der Waals surface area contributed by atoms with Crippen molar-refractivity contribution in [3.63, 3.8) is 0 Å². The van der Waals surface area contributed by atoms with Gasteiger partial charge in [-0.15, -0.1) is 0 Å². The third kappa shape index (κ3) is 7.24. The van der Waals surface area contributed by atoms with Gasteiger partial charge in [0, 0.05) is 19.6 Å². The van der Waals surface area contributed by atoms with Gasteiger partial charge in [0.1, 0.15) is 0 Å². The van der Waals surface area contributed by atoms with Crippen LogP contribution in [-0.2, 0) is 32.4 Å². The summed E-state index contributed by atoms with van der Waals surface area (Å²) >= 11 is 0. The lowest BCUT2D eigenvalue weighted by Gasteiger charge is -2.34. The predicted octanol–water partition coefficient (Wildman–Crippen LogP) is 1.98. The molecule has 2 unspecified atom stereocenters. The van der Waals surface area contributed by atoms with Crippen molar-refractivity contribution in [3.05, 3.63) is 35.4 Å². The van der Waals surface area contributed by atoms with E-state index in [9.17, 15) is 13.2 Å². The summed E-state index contributed by atoms with van der Waals surface area (Å²) in [6.07, 6.45) is 1.05. The second-order valence-electron chi connectivity index (χ2n) is 7.83. The zero-order valence-corrected chi connectivity index (χ0v) is 17.6. The molecule has 1 N–H and O–H groups in total. The van der Waals surface area contributed by atoms with Gasteiger partial charge in [0.05, 0.1) is 24.4 Å². The average molecular weight is 397 g/mol. The van der Waals surface area contributed by atoms with E-state index < -0.39 is 10.0 Å². The maximum absolute atomic E-state index is 12.5. The van der Waals surface area contributed by atoms with Crippen LogP contribution in [0, 0.1) is 5.92 Å². The van der Waals surface area contributed by atoms with Crippen LogP contribution in [0.25, 0.3) is 0 Å². The van der Waals surface area contributed by atoms with Crippen molar-refractivity contribution < 1.29 is 17.9 Å². The molecular weight excluding hydrogens is 364 g/mol. The van der Waals surface area contributed by atoms with Crippen molar-refractivity contribution in [1.82, 2.24) is 9.62 Å². The maximum Gasteiger partial charge on any atom is 0.224 e. The topological polar surface area (TPSA) is 75.7 Å². The summed E-state index contributed by atoms with van der Waals surface area (Å²) in [5.41, 5.74) is 2.19. The standard InChI is InChI=1S/C20H32N2O4S/c1-15(2)11-18-5-7-19(8-6-18)12-20(23)21-9-10-27(24,25)22-13-16(3)26-17(4)14-22/h5-8,15-17H,9-14H2,1-4H3,(H,21,23). The van der Waals surface area contributed by atoms with E-state index in [0.29, 0.717) is 19.0 Å². The molecule has 0 radical (unpaired) electrons. The Labute approximate surface area is 163 Å². The summed E-state index contributed by atoms with van der Waals surface area (Å²) in [5.74, 6) is 0.343. The lowest BCUT2D eigenvalue weighted by molar-refractivity contribution is -0.120. The van der Waals surface area contributed by atoms with Crippen molar-refractivity contribution in [3.8, 4) is 0 Å². The molecule has 1 aliphatic heterocycles. The van der Waals surface area contributed by atoms with E-state index in [1.165, 1.54) is 9.87 Å². The number of nitrogens with one attached hydrogen (secondary N) is 1. The fourth-order valence-electron chi connectivity index (χ4n) is 3.32. The van der Waals surface area contributed by atoms with Crippen molar-refractivity contribution in [2.45, 2.75) is 52.7 Å². The molecule has 1 aromatic carbocycles. The van der Waals surface area contributed by atoms with Crippen LogP contribution in [0.15, 0.2) is 24.3 Å². The first-order chi connectivity index (χ1) is 12.7. The molecule has 0 aliphatic carbocycles. The quantitative estimate of drug-likeness (QED) is 0.729. The van der Waals surface area contributed by atoms with E-state index in [-0.39, 0.29) is 36.8 Å². The third-order valence-electron chi connectivity index (χ3n) is 4.49. The molecule has 1 fully saturated rings. The Morgan fingerprint density at radius 2 is 1.70 bits per heavy atom. The third-order valence-corrected chi connectivity index (χ3v) is 6.30. The number of hydrogen-bond donors (Lipinski definition) is 1. The summed E-state index contributed by atoms with van der Waals surface area (Å²) in [5, 5.41) is 2.72. The Kier molecular flexibility index (Phi) is 7.82. The number of rotatable bonds is 8. The minimum Gasteiger partial charge on any atom is -0.373 e. The van der Waals surface area contributed by atoms with E-state index in [1.54, 1.807) is 0 Å². The first kappa shape index (κ1) is 21.9. The normalized spacial score (nSPS) is 21.4. The first-order valence-corrected chi connectivity index (χ1v) is 11.2. The molecule has 0 aromatic heterocycles. The van der Waals surface area contributed by atoms with Crippen LogP contribution in [0.1, 0.15) is 38.8 Å². The Bertz CT molecular complexity index is 706. The minimum absolute atomic E-state index is 0.0918. The zero-order valence-electron chi connectivity index (χ0n) is 16.8. The number of sulfonamides is 1. The lowest BCUT2D eigenvalue weighted by Crippen LogP contribution is -2.49. The summed E-state index contributed by atoms with van der Waals surface area (Å²) in [7, 11) is -3.40. The van der Waals surface area contributed by atoms with Gasteiger partial charge < -0.3 is 10.1 Å². The highest BCUT2D eigenvalue weighted by atomic mass is 32.2. The second kappa shape index (κ2) is 9.66. The largest absolute Gasteiger partial charge is 0.373 e. The van der Waals surface area contributed by atoms with E-state index in [2.05, 4.69) is 19.2 Å². The number of benzene rings is 1. The van der Waals surface area contributed by atoms with Crippen molar-refractivity contribution in [2.75, 3.05) is 25.4 Å². The Hall–Kier alpha value is -1.44. The minimum atomic E-state index is -3.40. The number of morpholine rings is 1. The number of carbonyl (C=O) groups excluding carboxylic acids is 1. The number of nitrogens with zero attached hydrogens (tertiary/aromatic N) is 1. The van der Waals surface area contributed by atoms with Gasteiger partial charge in [0.2, 0.25) is 15.9 Å². The molecule has 0 spiro atoms. The van der Waals surface area contributed by atoms with Crippen molar-refractivity contribution in [1.29, 1.82) is 0 Å². The van der Waals surface area contributed by atoms with Crippen LogP contribution in [-0.4, -0.2) is 56.2 Å². The van der Waals surface area contributed by atoms with Crippen LogP contribution in [0.3, 0.4) is 0 Å². The average Bonchev–Trinajstić information content (AvgIpc) is 2.55. The highest BCUT2D eigenvalue weighted by molar-refractivity contribution is 7.89. The van der Waals surface area contributed by atoms with E-state index in [0.717, 1.165) is 12.0 Å². The van der Waals surface area contributed by atoms with Crippen molar-refractivity contribution >= 4 is 15.9 Å². The molecule has 7 heteroatoms. The van der Waals surface area contributed by atoms with Crippen LogP contribution in [0.4, 0.5) is 0 Å². The fourth-order valence-corrected chi connectivity index (χ4v) is 4.81. The number of amides is 1.